The van der Waals surface area contributed by atoms with E-state index in [0.29, 0.717) is 5.82 Å². The van der Waals surface area contributed by atoms with Crippen molar-refractivity contribution in [2.45, 2.75) is 9.79 Å². The first kappa shape index (κ1) is 32.7. The van der Waals surface area contributed by atoms with E-state index in [9.17, 15) is 0 Å². The lowest BCUT2D eigenvalue weighted by Crippen LogP contribution is -1.97. The summed E-state index contributed by atoms with van der Waals surface area (Å²) >= 11 is 1.85. The maximum atomic E-state index is 5.23. The van der Waals surface area contributed by atoms with Gasteiger partial charge in [0.25, 0.3) is 0 Å². The number of rotatable bonds is 4. The molecule has 0 fully saturated rings. The van der Waals surface area contributed by atoms with Gasteiger partial charge in [-0.25, -0.2) is 9.97 Å². The van der Waals surface area contributed by atoms with Crippen molar-refractivity contribution in [3.8, 4) is 67.3 Å². The third kappa shape index (κ3) is 6.33. The van der Waals surface area contributed by atoms with Gasteiger partial charge in [0.05, 0.1) is 11.4 Å². The van der Waals surface area contributed by atoms with Crippen LogP contribution in [0.3, 0.4) is 0 Å². The number of fused-ring (bicyclic) bond motifs is 8. The largest absolute Gasteiger partial charge is 0.264 e. The van der Waals surface area contributed by atoms with Crippen LogP contribution in [-0.2, 0) is 0 Å². The highest BCUT2D eigenvalue weighted by Crippen LogP contribution is 2.47. The molecule has 0 bridgehead atoms. The molecule has 4 heteroatoms. The topological polar surface area (TPSA) is 38.7 Å². The van der Waals surface area contributed by atoms with Gasteiger partial charge in [-0.15, -0.1) is 0 Å². The van der Waals surface area contributed by atoms with Crippen molar-refractivity contribution >= 4 is 34.7 Å². The fourth-order valence-electron chi connectivity index (χ4n) is 7.44. The molecule has 0 amide bonds. The van der Waals surface area contributed by atoms with Crippen molar-refractivity contribution in [1.29, 1.82) is 0 Å². The Hall–Kier alpha value is -6.88. The zero-order chi connectivity index (χ0) is 36.6. The average Bonchev–Trinajstić information content (AvgIpc) is 3.28. The first-order valence-corrected chi connectivity index (χ1v) is 19.2. The van der Waals surface area contributed by atoms with Crippen LogP contribution < -0.4 is 0 Å². The molecule has 1 aliphatic rings. The molecule has 7 aromatic carbocycles. The average molecular weight is 720 g/mol. The van der Waals surface area contributed by atoms with Crippen molar-refractivity contribution in [3.05, 3.63) is 199 Å². The van der Waals surface area contributed by atoms with E-state index in [1.165, 1.54) is 42.8 Å². The number of hydrogen-bond donors (Lipinski definition) is 0. The molecule has 0 atom stereocenters. The Morgan fingerprint density at radius 1 is 0.400 bits per heavy atom. The van der Waals surface area contributed by atoms with Crippen molar-refractivity contribution in [2.75, 3.05) is 0 Å². The summed E-state index contributed by atoms with van der Waals surface area (Å²) < 4.78 is 0. The van der Waals surface area contributed by atoms with Crippen LogP contribution in [0.25, 0.3) is 90.2 Å². The molecule has 0 unspecified atom stereocenters. The minimum atomic E-state index is 0.691. The summed E-state index contributed by atoms with van der Waals surface area (Å²) in [4.78, 5) is 17.1. The predicted molar refractivity (Wildman–Crippen MR) is 229 cm³/mol. The van der Waals surface area contributed by atoms with Crippen LogP contribution in [-0.4, -0.2) is 15.0 Å². The lowest BCUT2D eigenvalue weighted by atomic mass is 9.93. The zero-order valence-corrected chi connectivity index (χ0v) is 30.6. The molecule has 0 spiro atoms. The van der Waals surface area contributed by atoms with E-state index in [0.717, 1.165) is 50.3 Å². The number of nitrogens with zero attached hydrogens (tertiary/aromatic N) is 3. The molecule has 0 aliphatic carbocycles. The van der Waals surface area contributed by atoms with Crippen molar-refractivity contribution < 1.29 is 0 Å². The Morgan fingerprint density at radius 2 is 1.07 bits per heavy atom. The van der Waals surface area contributed by atoms with Crippen LogP contribution in [0, 0.1) is 0 Å². The van der Waals surface area contributed by atoms with Gasteiger partial charge in [0.15, 0.2) is 5.82 Å². The van der Waals surface area contributed by atoms with Crippen molar-refractivity contribution in [1.82, 2.24) is 15.0 Å². The second-order valence-corrected chi connectivity index (χ2v) is 14.7. The summed E-state index contributed by atoms with van der Waals surface area (Å²) in [7, 11) is 0. The lowest BCUT2D eigenvalue weighted by molar-refractivity contribution is 1.18. The normalized spacial score (nSPS) is 12.4. The lowest BCUT2D eigenvalue weighted by Gasteiger charge is -2.18. The van der Waals surface area contributed by atoms with Crippen LogP contribution in [0.4, 0.5) is 0 Å². The molecule has 55 heavy (non-hydrogen) atoms. The third-order valence-corrected chi connectivity index (χ3v) is 11.5. The summed E-state index contributed by atoms with van der Waals surface area (Å²) in [6.45, 7) is 0. The zero-order valence-electron chi connectivity index (χ0n) is 29.8. The SMILES string of the molecule is C1=C\c2ccc(-c3cc(-c4ccc(-c5cccnc5)cc4)nc(-c4ccccc4)n3)cc2-c2ccc3ccccc3c2Sc2ccccc2-c2ccccc2/1. The van der Waals surface area contributed by atoms with Gasteiger partial charge < -0.3 is 0 Å². The Balaban J connectivity index is 1.18. The highest BCUT2D eigenvalue weighted by molar-refractivity contribution is 7.99. The Labute approximate surface area is 324 Å². The van der Waals surface area contributed by atoms with Gasteiger partial charge >= 0.3 is 0 Å². The summed E-state index contributed by atoms with van der Waals surface area (Å²) in [5.41, 5.74) is 14.1. The van der Waals surface area contributed by atoms with E-state index in [1.54, 1.807) is 6.20 Å². The Kier molecular flexibility index (Phi) is 8.43. The fraction of sp³-hybridized carbons (Fsp3) is 0. The quantitative estimate of drug-likeness (QED) is 0.182. The highest BCUT2D eigenvalue weighted by atomic mass is 32.2. The molecule has 1 aliphatic heterocycles. The van der Waals surface area contributed by atoms with E-state index in [-0.39, 0.29) is 0 Å². The smallest absolute Gasteiger partial charge is 0.160 e. The van der Waals surface area contributed by atoms with Crippen LogP contribution in [0.1, 0.15) is 11.1 Å². The molecule has 0 saturated heterocycles. The monoisotopic (exact) mass is 719 g/mol. The van der Waals surface area contributed by atoms with Gasteiger partial charge in [-0.2, -0.15) is 0 Å². The summed E-state index contributed by atoms with van der Waals surface area (Å²) in [6, 6.07) is 62.4. The fourth-order valence-corrected chi connectivity index (χ4v) is 8.68. The standard InChI is InChI=1S/C51H33N3S/c1-2-13-39(14-3-1)51-53-47(38-25-20-34(21-26-38)41-15-10-30-52-33-41)32-48(54-51)40-27-24-37-23-22-35-11-4-6-16-42(35)44-18-8-9-19-49(44)55-50-43-17-7-5-12-36(43)28-29-45(50)46(37)31-40/h1-33H/b23-22-. The maximum absolute atomic E-state index is 5.23. The van der Waals surface area contributed by atoms with Gasteiger partial charge in [0.1, 0.15) is 0 Å². The van der Waals surface area contributed by atoms with E-state index >= 15 is 0 Å². The van der Waals surface area contributed by atoms with Crippen LogP contribution >= 0.6 is 11.8 Å². The van der Waals surface area contributed by atoms with E-state index < -0.39 is 0 Å². The van der Waals surface area contributed by atoms with Crippen molar-refractivity contribution in [2.24, 2.45) is 0 Å². The van der Waals surface area contributed by atoms with Crippen molar-refractivity contribution in [3.63, 3.8) is 0 Å². The van der Waals surface area contributed by atoms with Crippen LogP contribution in [0.15, 0.2) is 198 Å². The molecular formula is C51H33N3S. The molecule has 0 radical (unpaired) electrons. The van der Waals surface area contributed by atoms with Gasteiger partial charge in [-0.3, -0.25) is 4.98 Å². The van der Waals surface area contributed by atoms with E-state index in [4.69, 9.17) is 9.97 Å². The highest BCUT2D eigenvalue weighted by Gasteiger charge is 2.19. The van der Waals surface area contributed by atoms with E-state index in [2.05, 4.69) is 169 Å². The minimum Gasteiger partial charge on any atom is -0.264 e. The Bertz CT molecular complexity index is 2880. The number of aromatic nitrogens is 3. The van der Waals surface area contributed by atoms with E-state index in [1.807, 2.05) is 42.2 Å². The number of benzene rings is 7. The second kappa shape index (κ2) is 14.2. The second-order valence-electron chi connectivity index (χ2n) is 13.6. The molecule has 10 rings (SSSR count). The Morgan fingerprint density at radius 3 is 1.91 bits per heavy atom. The van der Waals surface area contributed by atoms with Gasteiger partial charge in [-0.05, 0) is 79.5 Å². The van der Waals surface area contributed by atoms with Gasteiger partial charge in [0, 0.05) is 38.9 Å². The van der Waals surface area contributed by atoms with Gasteiger partial charge in [0.2, 0.25) is 0 Å². The number of hydrogen-bond acceptors (Lipinski definition) is 4. The number of pyridine rings is 1. The minimum absolute atomic E-state index is 0.691. The van der Waals surface area contributed by atoms with Gasteiger partial charge in [-0.1, -0.05) is 176 Å². The molecule has 3 heterocycles. The first-order chi connectivity index (χ1) is 27.2. The molecule has 0 saturated carbocycles. The summed E-state index contributed by atoms with van der Waals surface area (Å²) in [6.07, 6.45) is 8.21. The van der Waals surface area contributed by atoms with Crippen LogP contribution in [0.5, 0.6) is 0 Å². The molecule has 3 nitrogen and oxygen atoms in total. The third-order valence-electron chi connectivity index (χ3n) is 10.2. The predicted octanol–water partition coefficient (Wildman–Crippen LogP) is 13.7. The molecular weight excluding hydrogens is 687 g/mol. The molecule has 2 aromatic heterocycles. The molecule has 0 N–H and O–H groups in total. The molecule has 9 aromatic rings. The molecule has 258 valence electrons. The summed E-state index contributed by atoms with van der Waals surface area (Å²) in [5.74, 6) is 0.691. The summed E-state index contributed by atoms with van der Waals surface area (Å²) in [5, 5.41) is 2.45. The first-order valence-electron chi connectivity index (χ1n) is 18.4. The van der Waals surface area contributed by atoms with Crippen LogP contribution in [0.2, 0.25) is 0 Å². The maximum Gasteiger partial charge on any atom is 0.160 e.